The van der Waals surface area contributed by atoms with E-state index in [1.165, 1.54) is 17.5 Å². The van der Waals surface area contributed by atoms with Gasteiger partial charge in [-0.2, -0.15) is 0 Å². The van der Waals surface area contributed by atoms with Crippen LogP contribution in [-0.4, -0.2) is 25.6 Å². The van der Waals surface area contributed by atoms with Crippen LogP contribution in [0.5, 0.6) is 5.75 Å². The van der Waals surface area contributed by atoms with Gasteiger partial charge >= 0.3 is 0 Å². The fourth-order valence-electron chi connectivity index (χ4n) is 2.73. The molecule has 110 valence electrons. The molecular formula is C16H24N2O2. The molecule has 0 saturated carbocycles. The Morgan fingerprint density at radius 2 is 2.30 bits per heavy atom. The van der Waals surface area contributed by atoms with E-state index in [4.69, 9.17) is 4.74 Å². The summed E-state index contributed by atoms with van der Waals surface area (Å²) >= 11 is 0. The van der Waals surface area contributed by atoms with E-state index in [1.54, 1.807) is 6.92 Å². The number of benzene rings is 1. The first kappa shape index (κ1) is 14.9. The van der Waals surface area contributed by atoms with Gasteiger partial charge in [-0.05, 0) is 63.4 Å². The smallest absolute Gasteiger partial charge is 0.260 e. The maximum atomic E-state index is 11.7. The third kappa shape index (κ3) is 3.31. The molecule has 0 saturated heterocycles. The zero-order valence-corrected chi connectivity index (χ0v) is 12.5. The van der Waals surface area contributed by atoms with Crippen molar-refractivity contribution in [1.82, 2.24) is 10.6 Å². The van der Waals surface area contributed by atoms with Crippen LogP contribution in [0.4, 0.5) is 0 Å². The monoisotopic (exact) mass is 276 g/mol. The molecule has 0 spiro atoms. The Bertz CT molecular complexity index is 474. The highest BCUT2D eigenvalue weighted by Crippen LogP contribution is 2.32. The third-order valence-corrected chi connectivity index (χ3v) is 3.81. The van der Waals surface area contributed by atoms with Gasteiger partial charge in [0.05, 0.1) is 0 Å². The average Bonchev–Trinajstić information content (AvgIpc) is 2.46. The standard InChI is InChI=1S/C16H24N2O2/c1-4-18-16(19)11(2)20-13-9-8-12-6-5-7-15(17-3)14(12)10-13/h8-11,15,17H,4-7H2,1-3H3,(H,18,19). The summed E-state index contributed by atoms with van der Waals surface area (Å²) < 4.78 is 5.75. The van der Waals surface area contributed by atoms with Gasteiger partial charge in [-0.3, -0.25) is 4.79 Å². The molecule has 4 nitrogen and oxygen atoms in total. The van der Waals surface area contributed by atoms with Crippen molar-refractivity contribution in [3.63, 3.8) is 0 Å². The van der Waals surface area contributed by atoms with E-state index in [0.29, 0.717) is 12.6 Å². The summed E-state index contributed by atoms with van der Waals surface area (Å²) in [6.07, 6.45) is 3.02. The van der Waals surface area contributed by atoms with Crippen LogP contribution in [0.1, 0.15) is 43.9 Å². The number of ether oxygens (including phenoxy) is 1. The Balaban J connectivity index is 2.12. The molecule has 0 heterocycles. The molecule has 1 aliphatic carbocycles. The second kappa shape index (κ2) is 6.75. The van der Waals surface area contributed by atoms with Crippen LogP contribution in [0, 0.1) is 0 Å². The SMILES string of the molecule is CCNC(=O)C(C)Oc1ccc2c(c1)C(NC)CCC2. The van der Waals surface area contributed by atoms with Crippen molar-refractivity contribution in [3.05, 3.63) is 29.3 Å². The van der Waals surface area contributed by atoms with Crippen LogP contribution in [0.15, 0.2) is 18.2 Å². The number of amides is 1. The lowest BCUT2D eigenvalue weighted by atomic mass is 9.87. The Morgan fingerprint density at radius 3 is 3.00 bits per heavy atom. The van der Waals surface area contributed by atoms with Crippen LogP contribution < -0.4 is 15.4 Å². The number of carbonyl (C=O) groups is 1. The number of carbonyl (C=O) groups excluding carboxylic acids is 1. The van der Waals surface area contributed by atoms with Crippen molar-refractivity contribution in [2.45, 2.75) is 45.3 Å². The molecule has 20 heavy (non-hydrogen) atoms. The lowest BCUT2D eigenvalue weighted by molar-refractivity contribution is -0.127. The normalized spacial score (nSPS) is 19.1. The van der Waals surface area contributed by atoms with Gasteiger partial charge in [-0.25, -0.2) is 0 Å². The number of likely N-dealkylation sites (N-methyl/N-ethyl adjacent to an activating group) is 1. The quantitative estimate of drug-likeness (QED) is 0.866. The molecule has 2 rings (SSSR count). The number of hydrogen-bond donors (Lipinski definition) is 2. The highest BCUT2D eigenvalue weighted by Gasteiger charge is 2.20. The first-order valence-corrected chi connectivity index (χ1v) is 7.40. The second-order valence-electron chi connectivity index (χ2n) is 5.25. The van der Waals surface area contributed by atoms with E-state index in [-0.39, 0.29) is 5.91 Å². The van der Waals surface area contributed by atoms with Gasteiger partial charge in [0, 0.05) is 12.6 Å². The molecular weight excluding hydrogens is 252 g/mol. The molecule has 1 aliphatic rings. The maximum absolute atomic E-state index is 11.7. The zero-order chi connectivity index (χ0) is 14.5. The number of aryl methyl sites for hydroxylation is 1. The minimum atomic E-state index is -0.468. The summed E-state index contributed by atoms with van der Waals surface area (Å²) in [4.78, 5) is 11.7. The van der Waals surface area contributed by atoms with E-state index in [1.807, 2.05) is 20.0 Å². The van der Waals surface area contributed by atoms with Gasteiger partial charge in [0.15, 0.2) is 6.10 Å². The Kier molecular flexibility index (Phi) is 5.01. The molecule has 2 N–H and O–H groups in total. The van der Waals surface area contributed by atoms with Crippen molar-refractivity contribution in [3.8, 4) is 5.75 Å². The number of fused-ring (bicyclic) bond motifs is 1. The third-order valence-electron chi connectivity index (χ3n) is 3.81. The highest BCUT2D eigenvalue weighted by molar-refractivity contribution is 5.80. The van der Waals surface area contributed by atoms with E-state index >= 15 is 0 Å². The summed E-state index contributed by atoms with van der Waals surface area (Å²) in [6.45, 7) is 4.31. The molecule has 1 aromatic rings. The molecule has 1 amide bonds. The van der Waals surface area contributed by atoms with E-state index in [9.17, 15) is 4.79 Å². The Morgan fingerprint density at radius 1 is 1.50 bits per heavy atom. The molecule has 0 fully saturated rings. The molecule has 1 aromatic carbocycles. The van der Waals surface area contributed by atoms with E-state index in [2.05, 4.69) is 22.8 Å². The largest absolute Gasteiger partial charge is 0.481 e. The maximum Gasteiger partial charge on any atom is 0.260 e. The van der Waals surface area contributed by atoms with Crippen LogP contribution >= 0.6 is 0 Å². The van der Waals surface area contributed by atoms with Crippen molar-refractivity contribution < 1.29 is 9.53 Å². The molecule has 2 atom stereocenters. The van der Waals surface area contributed by atoms with Crippen molar-refractivity contribution in [1.29, 1.82) is 0 Å². The van der Waals surface area contributed by atoms with Crippen LogP contribution in [-0.2, 0) is 11.2 Å². The fourth-order valence-corrected chi connectivity index (χ4v) is 2.73. The molecule has 0 bridgehead atoms. The molecule has 0 aliphatic heterocycles. The predicted octanol–water partition coefficient (Wildman–Crippen LogP) is 2.19. The first-order valence-electron chi connectivity index (χ1n) is 7.40. The fraction of sp³-hybridized carbons (Fsp3) is 0.562. The summed E-state index contributed by atoms with van der Waals surface area (Å²) in [5.41, 5.74) is 2.69. The zero-order valence-electron chi connectivity index (χ0n) is 12.5. The minimum absolute atomic E-state index is 0.0737. The summed E-state index contributed by atoms with van der Waals surface area (Å²) in [7, 11) is 1.99. The summed E-state index contributed by atoms with van der Waals surface area (Å²) in [5.74, 6) is 0.694. The second-order valence-corrected chi connectivity index (χ2v) is 5.25. The van der Waals surface area contributed by atoms with Crippen LogP contribution in [0.3, 0.4) is 0 Å². The van der Waals surface area contributed by atoms with Crippen molar-refractivity contribution in [2.24, 2.45) is 0 Å². The van der Waals surface area contributed by atoms with Gasteiger partial charge in [0.2, 0.25) is 0 Å². The average molecular weight is 276 g/mol. The lowest BCUT2D eigenvalue weighted by Gasteiger charge is -2.26. The molecule has 2 unspecified atom stereocenters. The first-order chi connectivity index (χ1) is 9.65. The molecule has 0 radical (unpaired) electrons. The van der Waals surface area contributed by atoms with Crippen molar-refractivity contribution in [2.75, 3.05) is 13.6 Å². The van der Waals surface area contributed by atoms with Gasteiger partial charge < -0.3 is 15.4 Å². The van der Waals surface area contributed by atoms with Crippen molar-refractivity contribution >= 4 is 5.91 Å². The summed E-state index contributed by atoms with van der Waals surface area (Å²) in [6, 6.07) is 6.55. The topological polar surface area (TPSA) is 50.4 Å². The van der Waals surface area contributed by atoms with Gasteiger partial charge in [0.1, 0.15) is 5.75 Å². The molecule has 0 aromatic heterocycles. The Hall–Kier alpha value is -1.55. The van der Waals surface area contributed by atoms with E-state index < -0.39 is 6.10 Å². The molecule has 4 heteroatoms. The lowest BCUT2D eigenvalue weighted by Crippen LogP contribution is -2.36. The van der Waals surface area contributed by atoms with Gasteiger partial charge in [-0.1, -0.05) is 6.07 Å². The predicted molar refractivity (Wildman–Crippen MR) is 80.0 cm³/mol. The number of nitrogens with one attached hydrogen (secondary N) is 2. The number of rotatable bonds is 5. The van der Waals surface area contributed by atoms with Crippen LogP contribution in [0.2, 0.25) is 0 Å². The summed E-state index contributed by atoms with van der Waals surface area (Å²) in [5, 5.41) is 6.12. The van der Waals surface area contributed by atoms with Gasteiger partial charge in [-0.15, -0.1) is 0 Å². The number of hydrogen-bond acceptors (Lipinski definition) is 3. The highest BCUT2D eigenvalue weighted by atomic mass is 16.5. The van der Waals surface area contributed by atoms with E-state index in [0.717, 1.165) is 18.6 Å². The van der Waals surface area contributed by atoms with Crippen LogP contribution in [0.25, 0.3) is 0 Å². The minimum Gasteiger partial charge on any atom is -0.481 e. The van der Waals surface area contributed by atoms with Gasteiger partial charge in [0.25, 0.3) is 5.91 Å². The Labute approximate surface area is 120 Å².